The Bertz CT molecular complexity index is 741. The Kier molecular flexibility index (Phi) is 3.66. The summed E-state index contributed by atoms with van der Waals surface area (Å²) in [4.78, 5) is 26.4. The Balaban J connectivity index is 2.04. The van der Waals surface area contributed by atoms with E-state index in [-0.39, 0.29) is 12.2 Å². The number of carbonyl (C=O) groups excluding carboxylic acids is 2. The molecule has 22 heavy (non-hydrogen) atoms. The number of ketones is 1. The average molecular weight is 364 g/mol. The molecule has 0 fully saturated rings. The van der Waals surface area contributed by atoms with Crippen LogP contribution in [0, 0.1) is 0 Å². The Morgan fingerprint density at radius 2 is 2.18 bits per heavy atom. The molecule has 1 aromatic heterocycles. The molecule has 1 N–H and O–H groups in total. The van der Waals surface area contributed by atoms with Gasteiger partial charge in [-0.1, -0.05) is 15.9 Å². The molecule has 1 aromatic carbocycles. The largest absolute Gasteiger partial charge is 0.461 e. The summed E-state index contributed by atoms with van der Waals surface area (Å²) in [5.41, 5.74) is -0.794. The van der Waals surface area contributed by atoms with Gasteiger partial charge in [0.05, 0.1) is 18.4 Å². The summed E-state index contributed by atoms with van der Waals surface area (Å²) in [6, 6.07) is 8.35. The van der Waals surface area contributed by atoms with Gasteiger partial charge in [0.15, 0.2) is 11.4 Å². The van der Waals surface area contributed by atoms with Crippen LogP contribution < -0.4 is 4.90 Å². The molecular weight excluding hydrogens is 350 g/mol. The van der Waals surface area contributed by atoms with Crippen molar-refractivity contribution in [3.8, 4) is 0 Å². The van der Waals surface area contributed by atoms with Gasteiger partial charge in [0.25, 0.3) is 5.91 Å². The van der Waals surface area contributed by atoms with Gasteiger partial charge in [-0.05, 0) is 37.3 Å². The number of rotatable bonds is 4. The number of carbonyl (C=O) groups is 2. The van der Waals surface area contributed by atoms with E-state index in [4.69, 9.17) is 4.42 Å². The summed E-state index contributed by atoms with van der Waals surface area (Å²) in [5.74, 6) is -0.763. The van der Waals surface area contributed by atoms with Crippen molar-refractivity contribution in [2.24, 2.45) is 0 Å². The van der Waals surface area contributed by atoms with Gasteiger partial charge in [0.2, 0.25) is 5.78 Å². The molecule has 1 aliphatic rings. The lowest BCUT2D eigenvalue weighted by Gasteiger charge is -2.21. The Morgan fingerprint density at radius 1 is 1.41 bits per heavy atom. The maximum Gasteiger partial charge on any atom is 0.264 e. The van der Waals surface area contributed by atoms with E-state index in [1.165, 1.54) is 17.2 Å². The molecule has 1 amide bonds. The van der Waals surface area contributed by atoms with E-state index >= 15 is 0 Å². The van der Waals surface area contributed by atoms with Crippen LogP contribution in [0.3, 0.4) is 0 Å². The van der Waals surface area contributed by atoms with Crippen LogP contribution in [-0.2, 0) is 10.4 Å². The maximum absolute atomic E-state index is 12.6. The van der Waals surface area contributed by atoms with Crippen LogP contribution >= 0.6 is 15.9 Å². The quantitative estimate of drug-likeness (QED) is 0.847. The molecule has 6 heteroatoms. The monoisotopic (exact) mass is 363 g/mol. The Morgan fingerprint density at radius 3 is 2.82 bits per heavy atom. The molecule has 1 aliphatic heterocycles. The third kappa shape index (κ3) is 2.19. The summed E-state index contributed by atoms with van der Waals surface area (Å²) < 4.78 is 5.79. The number of anilines is 1. The van der Waals surface area contributed by atoms with Crippen LogP contribution in [0.5, 0.6) is 0 Å². The van der Waals surface area contributed by atoms with Gasteiger partial charge in [-0.3, -0.25) is 9.59 Å². The first-order valence-electron chi connectivity index (χ1n) is 6.88. The van der Waals surface area contributed by atoms with E-state index in [1.54, 1.807) is 24.3 Å². The van der Waals surface area contributed by atoms with Gasteiger partial charge < -0.3 is 14.4 Å². The zero-order valence-electron chi connectivity index (χ0n) is 11.9. The predicted molar refractivity (Wildman–Crippen MR) is 83.7 cm³/mol. The summed E-state index contributed by atoms with van der Waals surface area (Å²) in [6.45, 7) is 2.24. The molecule has 5 nitrogen and oxygen atoms in total. The van der Waals surface area contributed by atoms with E-state index < -0.39 is 17.3 Å². The second-order valence-corrected chi connectivity index (χ2v) is 6.06. The molecule has 0 saturated carbocycles. The highest BCUT2D eigenvalue weighted by atomic mass is 79.9. The zero-order chi connectivity index (χ0) is 15.9. The van der Waals surface area contributed by atoms with Crippen LogP contribution in [0.1, 0.15) is 29.5 Å². The number of halogens is 1. The highest BCUT2D eigenvalue weighted by Gasteiger charge is 2.50. The van der Waals surface area contributed by atoms with Crippen LogP contribution in [0.2, 0.25) is 0 Å². The predicted octanol–water partition coefficient (Wildman–Crippen LogP) is 2.87. The standard InChI is InChI=1S/C16H14BrNO4/c1-2-18-12-6-5-10(17)8-11(12)16(21,15(18)20)9-13(19)14-4-3-7-22-14/h3-8,21H,2,9H2,1H3/t16-/m0/s1. The van der Waals surface area contributed by atoms with E-state index in [0.29, 0.717) is 17.8 Å². The smallest absolute Gasteiger partial charge is 0.264 e. The molecule has 3 rings (SSSR count). The third-order valence-electron chi connectivity index (χ3n) is 3.82. The first kappa shape index (κ1) is 15.0. The fourth-order valence-electron chi connectivity index (χ4n) is 2.76. The second kappa shape index (κ2) is 5.37. The Labute approximate surface area is 135 Å². The van der Waals surface area contributed by atoms with Crippen LogP contribution in [0.25, 0.3) is 0 Å². The summed E-state index contributed by atoms with van der Waals surface area (Å²) in [6.07, 6.45) is 1.04. The van der Waals surface area contributed by atoms with Gasteiger partial charge >= 0.3 is 0 Å². The highest BCUT2D eigenvalue weighted by Crippen LogP contribution is 2.43. The van der Waals surface area contributed by atoms with Crippen molar-refractivity contribution >= 4 is 33.3 Å². The van der Waals surface area contributed by atoms with E-state index in [2.05, 4.69) is 15.9 Å². The fourth-order valence-corrected chi connectivity index (χ4v) is 3.13. The molecule has 0 spiro atoms. The number of furan rings is 1. The second-order valence-electron chi connectivity index (χ2n) is 5.15. The van der Waals surface area contributed by atoms with E-state index in [1.807, 2.05) is 6.92 Å². The number of benzene rings is 1. The van der Waals surface area contributed by atoms with Crippen molar-refractivity contribution in [3.63, 3.8) is 0 Å². The number of likely N-dealkylation sites (N-methyl/N-ethyl adjacent to an activating group) is 1. The molecule has 0 radical (unpaired) electrons. The highest BCUT2D eigenvalue weighted by molar-refractivity contribution is 9.10. The van der Waals surface area contributed by atoms with Gasteiger partial charge in [-0.15, -0.1) is 0 Å². The lowest BCUT2D eigenvalue weighted by atomic mass is 9.89. The van der Waals surface area contributed by atoms with Crippen LogP contribution in [0.15, 0.2) is 45.5 Å². The van der Waals surface area contributed by atoms with Crippen LogP contribution in [0.4, 0.5) is 5.69 Å². The maximum atomic E-state index is 12.6. The molecule has 2 heterocycles. The van der Waals surface area contributed by atoms with Crippen LogP contribution in [-0.4, -0.2) is 23.3 Å². The SMILES string of the molecule is CCN1C(=O)[C@](O)(CC(=O)c2ccco2)c2cc(Br)ccc21. The lowest BCUT2D eigenvalue weighted by Crippen LogP contribution is -2.41. The Hall–Kier alpha value is -1.92. The van der Waals surface area contributed by atoms with Gasteiger partial charge in [0, 0.05) is 16.6 Å². The van der Waals surface area contributed by atoms with Gasteiger partial charge in [0.1, 0.15) is 0 Å². The van der Waals surface area contributed by atoms with Crippen molar-refractivity contribution in [1.82, 2.24) is 0 Å². The fraction of sp³-hybridized carbons (Fsp3) is 0.250. The van der Waals surface area contributed by atoms with Crippen molar-refractivity contribution in [2.45, 2.75) is 18.9 Å². The number of Topliss-reactive ketones (excluding diaryl/α,β-unsaturated/α-hetero) is 1. The molecule has 0 aliphatic carbocycles. The third-order valence-corrected chi connectivity index (χ3v) is 4.32. The summed E-state index contributed by atoms with van der Waals surface area (Å²) >= 11 is 3.34. The first-order chi connectivity index (χ1) is 10.5. The molecule has 0 saturated heterocycles. The zero-order valence-corrected chi connectivity index (χ0v) is 13.5. The van der Waals surface area contributed by atoms with Crippen molar-refractivity contribution < 1.29 is 19.1 Å². The number of hydrogen-bond acceptors (Lipinski definition) is 4. The molecule has 1 atom stereocenters. The molecule has 114 valence electrons. The molecular formula is C16H14BrNO4. The van der Waals surface area contributed by atoms with Crippen molar-refractivity contribution in [3.05, 3.63) is 52.4 Å². The van der Waals surface area contributed by atoms with Gasteiger partial charge in [-0.2, -0.15) is 0 Å². The number of hydrogen-bond donors (Lipinski definition) is 1. The number of nitrogens with zero attached hydrogens (tertiary/aromatic N) is 1. The number of amides is 1. The van der Waals surface area contributed by atoms with Crippen molar-refractivity contribution in [1.29, 1.82) is 0 Å². The van der Waals surface area contributed by atoms with E-state index in [0.717, 1.165) is 4.47 Å². The van der Waals surface area contributed by atoms with Gasteiger partial charge in [-0.25, -0.2) is 0 Å². The molecule has 0 unspecified atom stereocenters. The topological polar surface area (TPSA) is 70.8 Å². The lowest BCUT2D eigenvalue weighted by molar-refractivity contribution is -0.135. The molecule has 2 aromatic rings. The number of fused-ring (bicyclic) bond motifs is 1. The summed E-state index contributed by atoms with van der Waals surface area (Å²) in [5, 5.41) is 10.9. The minimum Gasteiger partial charge on any atom is -0.461 e. The minimum absolute atomic E-state index is 0.132. The number of aliphatic hydroxyl groups is 1. The first-order valence-corrected chi connectivity index (χ1v) is 7.67. The molecule has 0 bridgehead atoms. The minimum atomic E-state index is -1.86. The average Bonchev–Trinajstić information content (AvgIpc) is 3.08. The normalized spacial score (nSPS) is 20.3. The van der Waals surface area contributed by atoms with E-state index in [9.17, 15) is 14.7 Å². The summed E-state index contributed by atoms with van der Waals surface area (Å²) in [7, 11) is 0. The van der Waals surface area contributed by atoms with Crippen molar-refractivity contribution in [2.75, 3.05) is 11.4 Å².